The zero-order valence-corrected chi connectivity index (χ0v) is 17.6. The van der Waals surface area contributed by atoms with Crippen LogP contribution in [0.3, 0.4) is 0 Å². The van der Waals surface area contributed by atoms with Crippen LogP contribution >= 0.6 is 0 Å². The normalized spacial score (nSPS) is 11.8. The molecule has 0 fully saturated rings. The van der Waals surface area contributed by atoms with Gasteiger partial charge < -0.3 is 9.13 Å². The molecular formula is C27H22N4. The van der Waals surface area contributed by atoms with E-state index in [1.807, 2.05) is 34.9 Å². The molecule has 2 aromatic heterocycles. The fourth-order valence-corrected chi connectivity index (χ4v) is 4.33. The minimum atomic E-state index is 0.495. The summed E-state index contributed by atoms with van der Waals surface area (Å²) in [6.45, 7) is 4.72. The van der Waals surface area contributed by atoms with Crippen molar-refractivity contribution in [2.75, 3.05) is 0 Å². The fourth-order valence-electron chi connectivity index (χ4n) is 4.33. The second kappa shape index (κ2) is 7.62. The van der Waals surface area contributed by atoms with Crippen LogP contribution < -0.4 is 0 Å². The van der Waals surface area contributed by atoms with E-state index in [9.17, 15) is 5.26 Å². The topological polar surface area (TPSA) is 46.5 Å². The Labute approximate surface area is 181 Å². The molecular weight excluding hydrogens is 380 g/mol. The summed E-state index contributed by atoms with van der Waals surface area (Å²) in [4.78, 5) is 4.44. The molecule has 0 saturated heterocycles. The summed E-state index contributed by atoms with van der Waals surface area (Å²) in [6, 6.07) is 27.3. The Morgan fingerprint density at radius 1 is 1.00 bits per heavy atom. The molecule has 31 heavy (non-hydrogen) atoms. The number of nitriles is 1. The first-order chi connectivity index (χ1) is 15.2. The standard InChI is InChI=1S/C27H22N4/c1-19-14-23(15-21(16-28)17-30-18-29-25-11-5-6-12-27(25)30)20(2)31(19)26-13-7-9-22-8-3-4-10-24(22)26/h3-15,18H,17H2,1-2H3/b21-15-. The third-order valence-electron chi connectivity index (χ3n) is 5.82. The van der Waals surface area contributed by atoms with E-state index in [0.717, 1.165) is 33.7 Å². The lowest BCUT2D eigenvalue weighted by atomic mass is 10.1. The van der Waals surface area contributed by atoms with Gasteiger partial charge in [-0.25, -0.2) is 4.98 Å². The number of allylic oxidation sites excluding steroid dienone is 1. The molecule has 2 heterocycles. The van der Waals surface area contributed by atoms with Gasteiger partial charge in [0, 0.05) is 22.3 Å². The van der Waals surface area contributed by atoms with Crippen LogP contribution in [0.1, 0.15) is 17.0 Å². The number of aromatic nitrogens is 3. The molecule has 4 heteroatoms. The maximum atomic E-state index is 9.82. The van der Waals surface area contributed by atoms with E-state index in [-0.39, 0.29) is 0 Å². The van der Waals surface area contributed by atoms with E-state index < -0.39 is 0 Å². The van der Waals surface area contributed by atoms with Gasteiger partial charge in [-0.1, -0.05) is 48.5 Å². The van der Waals surface area contributed by atoms with Crippen molar-refractivity contribution in [2.24, 2.45) is 0 Å². The largest absolute Gasteiger partial charge is 0.325 e. The predicted octanol–water partition coefficient (Wildman–Crippen LogP) is 6.20. The van der Waals surface area contributed by atoms with Crippen LogP contribution in [-0.2, 0) is 6.54 Å². The van der Waals surface area contributed by atoms with Crippen molar-refractivity contribution in [3.8, 4) is 11.8 Å². The molecule has 0 aliphatic heterocycles. The van der Waals surface area contributed by atoms with Gasteiger partial charge >= 0.3 is 0 Å². The summed E-state index contributed by atoms with van der Waals surface area (Å²) in [6.07, 6.45) is 3.80. The zero-order chi connectivity index (χ0) is 21.4. The van der Waals surface area contributed by atoms with E-state index in [2.05, 4.69) is 78.0 Å². The molecule has 0 aliphatic carbocycles. The molecule has 0 aliphatic rings. The van der Waals surface area contributed by atoms with Gasteiger partial charge in [0.1, 0.15) is 0 Å². The number of benzene rings is 3. The van der Waals surface area contributed by atoms with E-state index in [4.69, 9.17) is 0 Å². The van der Waals surface area contributed by atoms with Crippen LogP contribution in [0, 0.1) is 25.2 Å². The number of fused-ring (bicyclic) bond motifs is 2. The SMILES string of the molecule is Cc1cc(/C=C(/C#N)Cn2cnc3ccccc32)c(C)n1-c1cccc2ccccc12. The molecule has 4 nitrogen and oxygen atoms in total. The van der Waals surface area contributed by atoms with E-state index in [1.54, 1.807) is 6.33 Å². The summed E-state index contributed by atoms with van der Waals surface area (Å²) >= 11 is 0. The summed E-state index contributed by atoms with van der Waals surface area (Å²) in [5.74, 6) is 0. The Bertz CT molecular complexity index is 1490. The molecule has 5 rings (SSSR count). The third kappa shape index (κ3) is 3.31. The monoisotopic (exact) mass is 402 g/mol. The first-order valence-corrected chi connectivity index (χ1v) is 10.3. The Kier molecular flexibility index (Phi) is 4.65. The van der Waals surface area contributed by atoms with Gasteiger partial charge in [-0.2, -0.15) is 5.26 Å². The highest BCUT2D eigenvalue weighted by Gasteiger charge is 2.13. The molecule has 0 atom stereocenters. The molecule has 0 amide bonds. The van der Waals surface area contributed by atoms with Crippen molar-refractivity contribution in [1.29, 1.82) is 5.26 Å². The number of rotatable bonds is 4. The number of nitrogens with zero attached hydrogens (tertiary/aromatic N) is 4. The number of aryl methyl sites for hydroxylation is 1. The first kappa shape index (κ1) is 18.9. The molecule has 0 radical (unpaired) electrons. The van der Waals surface area contributed by atoms with Crippen molar-refractivity contribution in [3.05, 3.63) is 102 Å². The molecule has 3 aromatic carbocycles. The van der Waals surface area contributed by atoms with Crippen LogP contribution in [0.5, 0.6) is 0 Å². The molecule has 150 valence electrons. The summed E-state index contributed by atoms with van der Waals surface area (Å²) in [5.41, 5.74) is 7.15. The van der Waals surface area contributed by atoms with E-state index >= 15 is 0 Å². The lowest BCUT2D eigenvalue weighted by molar-refractivity contribution is 0.830. The summed E-state index contributed by atoms with van der Waals surface area (Å²) in [7, 11) is 0. The molecule has 0 spiro atoms. The van der Waals surface area contributed by atoms with Crippen molar-refractivity contribution >= 4 is 27.9 Å². The Hall–Kier alpha value is -4.10. The zero-order valence-electron chi connectivity index (χ0n) is 17.6. The lowest BCUT2D eigenvalue weighted by Crippen LogP contribution is -2.00. The quantitative estimate of drug-likeness (QED) is 0.336. The van der Waals surface area contributed by atoms with Gasteiger partial charge in [-0.05, 0) is 55.1 Å². The second-order valence-electron chi connectivity index (χ2n) is 7.80. The van der Waals surface area contributed by atoms with Crippen LogP contribution in [0.25, 0.3) is 33.6 Å². The number of para-hydroxylation sites is 2. The molecule has 0 bridgehead atoms. The fraction of sp³-hybridized carbons (Fsp3) is 0.111. The molecule has 0 N–H and O–H groups in total. The van der Waals surface area contributed by atoms with Gasteiger partial charge in [0.05, 0.1) is 35.7 Å². The number of hydrogen-bond donors (Lipinski definition) is 0. The van der Waals surface area contributed by atoms with Crippen LogP contribution in [0.4, 0.5) is 0 Å². The minimum absolute atomic E-state index is 0.495. The highest BCUT2D eigenvalue weighted by molar-refractivity contribution is 5.90. The number of hydrogen-bond acceptors (Lipinski definition) is 2. The van der Waals surface area contributed by atoms with E-state index in [1.165, 1.54) is 10.8 Å². The van der Waals surface area contributed by atoms with Crippen LogP contribution in [0.2, 0.25) is 0 Å². The molecule has 0 unspecified atom stereocenters. The Balaban J connectivity index is 1.57. The van der Waals surface area contributed by atoms with Gasteiger partial charge in [0.15, 0.2) is 0 Å². The average Bonchev–Trinajstić information content (AvgIpc) is 3.33. The average molecular weight is 403 g/mol. The predicted molar refractivity (Wildman–Crippen MR) is 126 cm³/mol. The van der Waals surface area contributed by atoms with E-state index in [0.29, 0.717) is 12.1 Å². The van der Waals surface area contributed by atoms with Gasteiger partial charge in [-0.3, -0.25) is 0 Å². The van der Waals surface area contributed by atoms with Gasteiger partial charge in [0.2, 0.25) is 0 Å². The lowest BCUT2D eigenvalue weighted by Gasteiger charge is -2.13. The highest BCUT2D eigenvalue weighted by atomic mass is 15.0. The van der Waals surface area contributed by atoms with Gasteiger partial charge in [-0.15, -0.1) is 0 Å². The van der Waals surface area contributed by atoms with Crippen molar-refractivity contribution in [3.63, 3.8) is 0 Å². The smallest absolute Gasteiger partial charge is 0.0966 e. The summed E-state index contributed by atoms with van der Waals surface area (Å²) < 4.78 is 4.30. The summed E-state index contributed by atoms with van der Waals surface area (Å²) in [5, 5.41) is 12.3. The maximum absolute atomic E-state index is 9.82. The maximum Gasteiger partial charge on any atom is 0.0966 e. The first-order valence-electron chi connectivity index (χ1n) is 10.3. The van der Waals surface area contributed by atoms with Gasteiger partial charge in [0.25, 0.3) is 0 Å². The molecule has 5 aromatic rings. The minimum Gasteiger partial charge on any atom is -0.325 e. The second-order valence-corrected chi connectivity index (χ2v) is 7.80. The highest BCUT2D eigenvalue weighted by Crippen LogP contribution is 2.28. The van der Waals surface area contributed by atoms with Crippen LogP contribution in [-0.4, -0.2) is 14.1 Å². The third-order valence-corrected chi connectivity index (χ3v) is 5.82. The van der Waals surface area contributed by atoms with Crippen molar-refractivity contribution < 1.29 is 0 Å². The Morgan fingerprint density at radius 3 is 2.65 bits per heavy atom. The number of imidazole rings is 1. The van der Waals surface area contributed by atoms with Crippen LogP contribution in [0.15, 0.2) is 84.7 Å². The van der Waals surface area contributed by atoms with Crippen molar-refractivity contribution in [2.45, 2.75) is 20.4 Å². The molecule has 0 saturated carbocycles. The Morgan fingerprint density at radius 2 is 1.77 bits per heavy atom. The van der Waals surface area contributed by atoms with Crippen molar-refractivity contribution in [1.82, 2.24) is 14.1 Å².